The quantitative estimate of drug-likeness (QED) is 0.880. The highest BCUT2D eigenvalue weighted by Gasteiger charge is 2.34. The largest absolute Gasteiger partial charge is 0.401 e. The number of aromatic nitrogens is 2. The summed E-state index contributed by atoms with van der Waals surface area (Å²) in [4.78, 5) is 14.0. The highest BCUT2D eigenvalue weighted by atomic mass is 19.4. The van der Waals surface area contributed by atoms with E-state index in [1.54, 1.807) is 4.68 Å². The van der Waals surface area contributed by atoms with Crippen molar-refractivity contribution in [3.05, 3.63) is 41.7 Å². The minimum atomic E-state index is -4.20. The first-order chi connectivity index (χ1) is 12.7. The Hall–Kier alpha value is -2.35. The van der Waals surface area contributed by atoms with Crippen LogP contribution in [0.4, 0.5) is 18.9 Å². The van der Waals surface area contributed by atoms with Crippen LogP contribution in [-0.4, -0.2) is 46.4 Å². The fourth-order valence-corrected chi connectivity index (χ4v) is 3.48. The average molecular weight is 380 g/mol. The van der Waals surface area contributed by atoms with Gasteiger partial charge in [-0.2, -0.15) is 18.3 Å². The molecule has 1 amide bonds. The predicted octanol–water partition coefficient (Wildman–Crippen LogP) is 3.70. The van der Waals surface area contributed by atoms with Crippen LogP contribution < -0.4 is 5.32 Å². The van der Waals surface area contributed by atoms with Crippen LogP contribution in [0, 0.1) is 19.8 Å². The monoisotopic (exact) mass is 380 g/mol. The van der Waals surface area contributed by atoms with E-state index in [-0.39, 0.29) is 24.9 Å². The summed E-state index contributed by atoms with van der Waals surface area (Å²) in [5.41, 5.74) is 3.25. The number of para-hydroxylation sites is 2. The molecule has 2 aromatic rings. The Morgan fingerprint density at radius 2 is 1.89 bits per heavy atom. The molecule has 0 atom stereocenters. The first kappa shape index (κ1) is 19.4. The fraction of sp³-hybridized carbons (Fsp3) is 0.474. The molecule has 3 rings (SSSR count). The van der Waals surface area contributed by atoms with Crippen molar-refractivity contribution in [3.63, 3.8) is 0 Å². The molecule has 0 radical (unpaired) electrons. The lowest BCUT2D eigenvalue weighted by Crippen LogP contribution is -2.42. The van der Waals surface area contributed by atoms with Crippen molar-refractivity contribution >= 4 is 11.6 Å². The molecule has 146 valence electrons. The molecular weight excluding hydrogens is 357 g/mol. The zero-order valence-corrected chi connectivity index (χ0v) is 15.4. The van der Waals surface area contributed by atoms with Gasteiger partial charge in [-0.1, -0.05) is 12.1 Å². The Balaban J connectivity index is 1.67. The van der Waals surface area contributed by atoms with Gasteiger partial charge in [0.2, 0.25) is 5.91 Å². The molecule has 1 aromatic heterocycles. The lowest BCUT2D eigenvalue weighted by atomic mass is 9.95. The number of alkyl halides is 3. The number of benzene rings is 1. The van der Waals surface area contributed by atoms with E-state index in [1.807, 2.05) is 44.2 Å². The normalized spacial score (nSPS) is 16.5. The number of halogens is 3. The Labute approximate surface area is 156 Å². The Morgan fingerprint density at radius 3 is 2.48 bits per heavy atom. The summed E-state index contributed by atoms with van der Waals surface area (Å²) in [6.45, 7) is 3.48. The highest BCUT2D eigenvalue weighted by Crippen LogP contribution is 2.26. The summed E-state index contributed by atoms with van der Waals surface area (Å²) >= 11 is 0. The number of nitrogens with zero attached hydrogens (tertiary/aromatic N) is 3. The van der Waals surface area contributed by atoms with E-state index in [9.17, 15) is 18.0 Å². The zero-order chi connectivity index (χ0) is 19.6. The van der Waals surface area contributed by atoms with E-state index in [0.717, 1.165) is 17.1 Å². The number of hydrogen-bond donors (Lipinski definition) is 1. The van der Waals surface area contributed by atoms with E-state index >= 15 is 0 Å². The maximum Gasteiger partial charge on any atom is 0.401 e. The van der Waals surface area contributed by atoms with E-state index in [0.29, 0.717) is 18.5 Å². The standard InChI is InChI=1S/C19H23F3N4O/c1-13-11-14(2)26(24-13)17-6-4-3-5-16(17)23-18(27)15-7-9-25(10-8-15)12-19(20,21)22/h3-6,11,15H,7-10,12H2,1-2H3,(H,23,27). The van der Waals surface area contributed by atoms with Gasteiger partial charge in [-0.25, -0.2) is 4.68 Å². The van der Waals surface area contributed by atoms with Crippen molar-refractivity contribution in [2.75, 3.05) is 25.0 Å². The van der Waals surface area contributed by atoms with E-state index in [2.05, 4.69) is 10.4 Å². The number of anilines is 1. The Morgan fingerprint density at radius 1 is 1.22 bits per heavy atom. The van der Waals surface area contributed by atoms with Crippen molar-refractivity contribution < 1.29 is 18.0 Å². The third-order valence-electron chi connectivity index (χ3n) is 4.76. The van der Waals surface area contributed by atoms with Crippen molar-refractivity contribution in [3.8, 4) is 5.69 Å². The molecule has 0 spiro atoms. The van der Waals surface area contributed by atoms with Gasteiger partial charge in [0, 0.05) is 11.6 Å². The van der Waals surface area contributed by atoms with Crippen LogP contribution in [0.25, 0.3) is 5.69 Å². The fourth-order valence-electron chi connectivity index (χ4n) is 3.48. The summed E-state index contributed by atoms with van der Waals surface area (Å²) in [6, 6.07) is 9.34. The molecule has 2 heterocycles. The lowest BCUT2D eigenvalue weighted by molar-refractivity contribution is -0.149. The van der Waals surface area contributed by atoms with Gasteiger partial charge in [-0.15, -0.1) is 0 Å². The van der Waals surface area contributed by atoms with Gasteiger partial charge in [0.15, 0.2) is 0 Å². The molecule has 0 saturated carbocycles. The maximum atomic E-state index is 12.7. The minimum Gasteiger partial charge on any atom is -0.324 e. The molecule has 0 bridgehead atoms. The molecule has 27 heavy (non-hydrogen) atoms. The number of likely N-dealkylation sites (tertiary alicyclic amines) is 1. The van der Waals surface area contributed by atoms with Crippen LogP contribution in [0.5, 0.6) is 0 Å². The second kappa shape index (κ2) is 7.72. The number of amides is 1. The molecule has 1 aliphatic rings. The summed E-state index contributed by atoms with van der Waals surface area (Å²) in [7, 11) is 0. The van der Waals surface area contributed by atoms with Crippen molar-refractivity contribution in [1.82, 2.24) is 14.7 Å². The number of rotatable bonds is 4. The van der Waals surface area contributed by atoms with Crippen LogP contribution in [0.3, 0.4) is 0 Å². The predicted molar refractivity (Wildman–Crippen MR) is 96.9 cm³/mol. The smallest absolute Gasteiger partial charge is 0.324 e. The molecule has 1 aromatic carbocycles. The Bertz CT molecular complexity index is 808. The van der Waals surface area contributed by atoms with Gasteiger partial charge in [0.05, 0.1) is 23.6 Å². The Kier molecular flexibility index (Phi) is 5.55. The van der Waals surface area contributed by atoms with Gasteiger partial charge >= 0.3 is 6.18 Å². The first-order valence-corrected chi connectivity index (χ1v) is 8.95. The molecule has 8 heteroatoms. The van der Waals surface area contributed by atoms with Crippen molar-refractivity contribution in [1.29, 1.82) is 0 Å². The number of carbonyl (C=O) groups is 1. The van der Waals surface area contributed by atoms with Gasteiger partial charge < -0.3 is 5.32 Å². The number of hydrogen-bond acceptors (Lipinski definition) is 3. The number of carbonyl (C=O) groups excluding carboxylic acids is 1. The maximum absolute atomic E-state index is 12.7. The van der Waals surface area contributed by atoms with E-state index < -0.39 is 12.7 Å². The summed E-state index contributed by atoms with van der Waals surface area (Å²) in [5, 5.41) is 7.39. The second-order valence-corrected chi connectivity index (χ2v) is 7.01. The van der Waals surface area contributed by atoms with Crippen LogP contribution in [-0.2, 0) is 4.79 Å². The average Bonchev–Trinajstić information content (AvgIpc) is 2.93. The molecule has 0 unspecified atom stereocenters. The second-order valence-electron chi connectivity index (χ2n) is 7.01. The number of nitrogens with one attached hydrogen (secondary N) is 1. The molecule has 5 nitrogen and oxygen atoms in total. The van der Waals surface area contributed by atoms with Crippen molar-refractivity contribution in [2.24, 2.45) is 5.92 Å². The van der Waals surface area contributed by atoms with Gasteiger partial charge in [0.25, 0.3) is 0 Å². The first-order valence-electron chi connectivity index (χ1n) is 8.95. The molecule has 1 aliphatic heterocycles. The summed E-state index contributed by atoms with van der Waals surface area (Å²) in [6.07, 6.45) is -3.36. The lowest BCUT2D eigenvalue weighted by Gasteiger charge is -2.31. The number of aryl methyl sites for hydroxylation is 2. The minimum absolute atomic E-state index is 0.157. The van der Waals surface area contributed by atoms with E-state index in [4.69, 9.17) is 0 Å². The van der Waals surface area contributed by atoms with Gasteiger partial charge in [0.1, 0.15) is 0 Å². The van der Waals surface area contributed by atoms with Crippen LogP contribution in [0.2, 0.25) is 0 Å². The zero-order valence-electron chi connectivity index (χ0n) is 15.4. The number of piperidine rings is 1. The molecule has 0 aliphatic carbocycles. The molecule has 1 saturated heterocycles. The summed E-state index contributed by atoms with van der Waals surface area (Å²) in [5.74, 6) is -0.446. The third kappa shape index (κ3) is 4.88. The molecule has 1 fully saturated rings. The van der Waals surface area contributed by atoms with Crippen LogP contribution >= 0.6 is 0 Å². The van der Waals surface area contributed by atoms with Gasteiger partial charge in [-0.3, -0.25) is 9.69 Å². The topological polar surface area (TPSA) is 50.2 Å². The van der Waals surface area contributed by atoms with Crippen molar-refractivity contribution in [2.45, 2.75) is 32.9 Å². The molecular formula is C19H23F3N4O. The van der Waals surface area contributed by atoms with Gasteiger partial charge in [-0.05, 0) is 58.0 Å². The van der Waals surface area contributed by atoms with Crippen LogP contribution in [0.15, 0.2) is 30.3 Å². The molecule has 1 N–H and O–H groups in total. The van der Waals surface area contributed by atoms with Crippen LogP contribution in [0.1, 0.15) is 24.2 Å². The highest BCUT2D eigenvalue weighted by molar-refractivity contribution is 5.94. The third-order valence-corrected chi connectivity index (χ3v) is 4.76. The SMILES string of the molecule is Cc1cc(C)n(-c2ccccc2NC(=O)C2CCN(CC(F)(F)F)CC2)n1. The van der Waals surface area contributed by atoms with E-state index in [1.165, 1.54) is 4.90 Å². The summed E-state index contributed by atoms with van der Waals surface area (Å²) < 4.78 is 39.3.